The summed E-state index contributed by atoms with van der Waals surface area (Å²) in [4.78, 5) is 13.4. The van der Waals surface area contributed by atoms with Crippen LogP contribution >= 0.6 is 0 Å². The minimum atomic E-state index is -0.625. The average molecular weight is 227 g/mol. The van der Waals surface area contributed by atoms with E-state index in [-0.39, 0.29) is 6.10 Å². The fourth-order valence-corrected chi connectivity index (χ4v) is 2.30. The summed E-state index contributed by atoms with van der Waals surface area (Å²) in [6, 6.07) is 0. The molecular weight excluding hydrogens is 206 g/mol. The lowest BCUT2D eigenvalue weighted by Gasteiger charge is -2.36. The van der Waals surface area contributed by atoms with Gasteiger partial charge in [-0.15, -0.1) is 0 Å². The molecule has 1 saturated heterocycles. The fraction of sp³-hybridized carbons (Fsp3) is 0.917. The van der Waals surface area contributed by atoms with E-state index in [9.17, 15) is 4.79 Å². The second-order valence-corrected chi connectivity index (χ2v) is 5.47. The van der Waals surface area contributed by atoms with Crippen molar-refractivity contribution in [2.75, 3.05) is 26.2 Å². The first-order chi connectivity index (χ1) is 7.53. The van der Waals surface area contributed by atoms with Crippen molar-refractivity contribution >= 4 is 5.97 Å². The van der Waals surface area contributed by atoms with Crippen molar-refractivity contribution in [1.82, 2.24) is 4.90 Å². The molecule has 0 radical (unpaired) electrons. The van der Waals surface area contributed by atoms with Gasteiger partial charge in [0.1, 0.15) is 0 Å². The number of hydrogen-bond acceptors (Lipinski definition) is 3. The summed E-state index contributed by atoms with van der Waals surface area (Å²) >= 11 is 0. The Morgan fingerprint density at radius 2 is 2.25 bits per heavy atom. The van der Waals surface area contributed by atoms with Crippen LogP contribution in [0.25, 0.3) is 0 Å². The van der Waals surface area contributed by atoms with E-state index in [1.54, 1.807) is 0 Å². The zero-order valence-corrected chi connectivity index (χ0v) is 10.1. The zero-order chi connectivity index (χ0) is 11.8. The van der Waals surface area contributed by atoms with Crippen LogP contribution in [0.15, 0.2) is 0 Å². The van der Waals surface area contributed by atoms with Crippen molar-refractivity contribution in [2.45, 2.75) is 32.8 Å². The van der Waals surface area contributed by atoms with Crippen molar-refractivity contribution in [3.63, 3.8) is 0 Å². The Balaban J connectivity index is 1.88. The smallest absolute Gasteiger partial charge is 0.310 e. The lowest BCUT2D eigenvalue weighted by atomic mass is 10.0. The third-order valence-corrected chi connectivity index (χ3v) is 3.75. The molecule has 1 aliphatic carbocycles. The number of nitrogens with zero attached hydrogens (tertiary/aromatic N) is 1. The van der Waals surface area contributed by atoms with E-state index in [4.69, 9.17) is 9.84 Å². The molecule has 2 fully saturated rings. The first-order valence-corrected chi connectivity index (χ1v) is 6.11. The van der Waals surface area contributed by atoms with Crippen molar-refractivity contribution in [2.24, 2.45) is 11.3 Å². The van der Waals surface area contributed by atoms with Gasteiger partial charge in [-0.2, -0.15) is 0 Å². The van der Waals surface area contributed by atoms with Crippen LogP contribution in [0.1, 0.15) is 26.7 Å². The summed E-state index contributed by atoms with van der Waals surface area (Å²) in [5.74, 6) is -0.122. The molecule has 92 valence electrons. The van der Waals surface area contributed by atoms with E-state index in [1.807, 2.05) is 0 Å². The van der Waals surface area contributed by atoms with Gasteiger partial charge in [0.15, 0.2) is 0 Å². The summed E-state index contributed by atoms with van der Waals surface area (Å²) in [5.41, 5.74) is -0.432. The van der Waals surface area contributed by atoms with E-state index >= 15 is 0 Å². The molecule has 1 atom stereocenters. The standard InChI is InChI=1S/C12H21NO3/c1-9(2)10-7-13(5-6-16-10)8-12(3-4-12)11(14)15/h9-10H,3-8H2,1-2H3,(H,14,15). The Labute approximate surface area is 96.6 Å². The minimum Gasteiger partial charge on any atom is -0.481 e. The van der Waals surface area contributed by atoms with Crippen molar-refractivity contribution in [1.29, 1.82) is 0 Å². The third-order valence-electron chi connectivity index (χ3n) is 3.75. The molecule has 0 amide bonds. The Morgan fingerprint density at radius 1 is 1.56 bits per heavy atom. The molecule has 0 aromatic carbocycles. The molecule has 0 spiro atoms. The maximum absolute atomic E-state index is 11.1. The van der Waals surface area contributed by atoms with Crippen molar-refractivity contribution < 1.29 is 14.6 Å². The quantitative estimate of drug-likeness (QED) is 0.784. The molecule has 4 nitrogen and oxygen atoms in total. The molecule has 16 heavy (non-hydrogen) atoms. The average Bonchev–Trinajstić information content (AvgIpc) is 2.99. The van der Waals surface area contributed by atoms with E-state index in [0.29, 0.717) is 12.5 Å². The zero-order valence-electron chi connectivity index (χ0n) is 10.1. The number of morpholine rings is 1. The molecule has 2 rings (SSSR count). The fourth-order valence-electron chi connectivity index (χ4n) is 2.30. The summed E-state index contributed by atoms with van der Waals surface area (Å²) in [5, 5.41) is 9.15. The Morgan fingerprint density at radius 3 is 2.75 bits per heavy atom. The van der Waals surface area contributed by atoms with Gasteiger partial charge in [0.25, 0.3) is 0 Å². The second-order valence-electron chi connectivity index (χ2n) is 5.47. The highest BCUT2D eigenvalue weighted by Crippen LogP contribution is 2.46. The highest BCUT2D eigenvalue weighted by atomic mass is 16.5. The van der Waals surface area contributed by atoms with Crippen molar-refractivity contribution in [3.05, 3.63) is 0 Å². The summed E-state index contributed by atoms with van der Waals surface area (Å²) in [7, 11) is 0. The van der Waals surface area contributed by atoms with Crippen LogP contribution in [-0.4, -0.2) is 48.3 Å². The third kappa shape index (κ3) is 2.38. The number of carboxylic acids is 1. The number of carbonyl (C=O) groups is 1. The molecule has 0 aromatic rings. The molecule has 0 aromatic heterocycles. The number of carboxylic acid groups (broad SMARTS) is 1. The molecule has 1 N–H and O–H groups in total. The van der Waals surface area contributed by atoms with Crippen LogP contribution in [0, 0.1) is 11.3 Å². The summed E-state index contributed by atoms with van der Waals surface area (Å²) in [6.45, 7) is 7.49. The number of ether oxygens (including phenoxy) is 1. The van der Waals surface area contributed by atoms with Crippen LogP contribution in [0.3, 0.4) is 0 Å². The topological polar surface area (TPSA) is 49.8 Å². The van der Waals surface area contributed by atoms with Gasteiger partial charge >= 0.3 is 5.97 Å². The lowest BCUT2D eigenvalue weighted by molar-refractivity contribution is -0.145. The molecule has 0 bridgehead atoms. The first kappa shape index (κ1) is 11.9. The van der Waals surface area contributed by atoms with Crippen molar-refractivity contribution in [3.8, 4) is 0 Å². The summed E-state index contributed by atoms with van der Waals surface area (Å²) < 4.78 is 5.68. The Hall–Kier alpha value is -0.610. The molecule has 1 unspecified atom stereocenters. The molecular formula is C12H21NO3. The maximum Gasteiger partial charge on any atom is 0.310 e. The molecule has 1 aliphatic heterocycles. The summed E-state index contributed by atoms with van der Waals surface area (Å²) in [6.07, 6.45) is 1.94. The number of hydrogen-bond donors (Lipinski definition) is 1. The maximum atomic E-state index is 11.1. The second kappa shape index (κ2) is 4.34. The van der Waals surface area contributed by atoms with Crippen LogP contribution in [0.5, 0.6) is 0 Å². The normalized spacial score (nSPS) is 29.3. The molecule has 1 saturated carbocycles. The molecule has 4 heteroatoms. The van der Waals surface area contributed by atoms with E-state index in [1.165, 1.54) is 0 Å². The van der Waals surface area contributed by atoms with Crippen LogP contribution in [-0.2, 0) is 9.53 Å². The van der Waals surface area contributed by atoms with Gasteiger partial charge in [-0.05, 0) is 18.8 Å². The van der Waals surface area contributed by atoms with E-state index in [2.05, 4.69) is 18.7 Å². The van der Waals surface area contributed by atoms with Gasteiger partial charge in [0, 0.05) is 19.6 Å². The van der Waals surface area contributed by atoms with Crippen LogP contribution < -0.4 is 0 Å². The van der Waals surface area contributed by atoms with Gasteiger partial charge in [0.2, 0.25) is 0 Å². The van der Waals surface area contributed by atoms with E-state index < -0.39 is 11.4 Å². The van der Waals surface area contributed by atoms with E-state index in [0.717, 1.165) is 32.5 Å². The SMILES string of the molecule is CC(C)C1CN(CC2(C(=O)O)CC2)CCO1. The monoisotopic (exact) mass is 227 g/mol. The van der Waals surface area contributed by atoms with Crippen LogP contribution in [0.4, 0.5) is 0 Å². The minimum absolute atomic E-state index is 0.262. The van der Waals surface area contributed by atoms with Gasteiger partial charge in [-0.3, -0.25) is 9.69 Å². The predicted molar refractivity (Wildman–Crippen MR) is 60.3 cm³/mol. The van der Waals surface area contributed by atoms with Gasteiger partial charge in [-0.25, -0.2) is 0 Å². The first-order valence-electron chi connectivity index (χ1n) is 6.11. The molecule has 1 heterocycles. The lowest BCUT2D eigenvalue weighted by Crippen LogP contribution is -2.47. The number of rotatable bonds is 4. The van der Waals surface area contributed by atoms with Gasteiger partial charge in [0.05, 0.1) is 18.1 Å². The van der Waals surface area contributed by atoms with Gasteiger partial charge in [-0.1, -0.05) is 13.8 Å². The highest BCUT2D eigenvalue weighted by molar-refractivity contribution is 5.78. The predicted octanol–water partition coefficient (Wildman–Crippen LogP) is 1.21. The van der Waals surface area contributed by atoms with Gasteiger partial charge < -0.3 is 9.84 Å². The Bertz CT molecular complexity index is 273. The van der Waals surface area contributed by atoms with Crippen LogP contribution in [0.2, 0.25) is 0 Å². The number of aliphatic carboxylic acids is 1. The largest absolute Gasteiger partial charge is 0.481 e. The Kier molecular flexibility index (Phi) is 3.22. The highest BCUT2D eigenvalue weighted by Gasteiger charge is 2.51. The molecule has 2 aliphatic rings.